The molecule has 0 aromatic heterocycles. The summed E-state index contributed by atoms with van der Waals surface area (Å²) in [6, 6.07) is -5.70. The minimum atomic E-state index is -1.62. The molecule has 0 aliphatic heterocycles. The Morgan fingerprint density at radius 3 is 1.78 bits per heavy atom. The summed E-state index contributed by atoms with van der Waals surface area (Å²) in [7, 11) is 0. The molecule has 0 rings (SSSR count). The van der Waals surface area contributed by atoms with Crippen LogP contribution in [0.15, 0.2) is 0 Å². The minimum absolute atomic E-state index is 0.342. The average molecular weight is 461 g/mol. The quantitative estimate of drug-likeness (QED) is 0.127. The van der Waals surface area contributed by atoms with Gasteiger partial charge >= 0.3 is 11.9 Å². The third-order valence-corrected chi connectivity index (χ3v) is 4.37. The smallest absolute Gasteiger partial charge is 0.326 e. The fraction of sp³-hybridized carbons (Fsp3) is 0.667. The van der Waals surface area contributed by atoms with Crippen LogP contribution >= 0.6 is 0 Å². The first-order valence-electron chi connectivity index (χ1n) is 9.75. The number of aliphatic hydroxyl groups excluding tert-OH is 1. The van der Waals surface area contributed by atoms with Crippen LogP contribution in [-0.4, -0.2) is 81.2 Å². The van der Waals surface area contributed by atoms with Crippen LogP contribution < -0.4 is 27.4 Å². The number of aliphatic carboxylic acids is 2. The molecule has 0 heterocycles. The lowest BCUT2D eigenvalue weighted by atomic mass is 10.0. The molecular weight excluding hydrogens is 430 g/mol. The standard InChI is InChI=1S/C18H31N5O9/c1-7(2)14(17(30)22-10(18(31)32)6-11(19)25)23-15(28)9(4-5-12(26)27)21-16(29)13(20)8(3)24/h7-10,13-14,24H,4-6,20H2,1-3H3,(H2,19,25)(H,21,29)(H,22,30)(H,23,28)(H,26,27)(H,31,32). The number of hydrogen-bond acceptors (Lipinski definition) is 8. The van der Waals surface area contributed by atoms with Gasteiger partial charge in [0, 0.05) is 6.42 Å². The van der Waals surface area contributed by atoms with Gasteiger partial charge in [0.15, 0.2) is 0 Å². The molecule has 0 fully saturated rings. The number of amides is 4. The van der Waals surface area contributed by atoms with Crippen molar-refractivity contribution in [3.05, 3.63) is 0 Å². The molecule has 0 radical (unpaired) electrons. The summed E-state index contributed by atoms with van der Waals surface area (Å²) in [6.07, 6.45) is -2.76. The molecule has 0 aromatic carbocycles. The third-order valence-electron chi connectivity index (χ3n) is 4.37. The summed E-state index contributed by atoms with van der Waals surface area (Å²) >= 11 is 0. The minimum Gasteiger partial charge on any atom is -0.481 e. The summed E-state index contributed by atoms with van der Waals surface area (Å²) in [5, 5.41) is 34.1. The van der Waals surface area contributed by atoms with E-state index >= 15 is 0 Å². The van der Waals surface area contributed by atoms with E-state index in [-0.39, 0.29) is 6.42 Å². The van der Waals surface area contributed by atoms with Gasteiger partial charge in [-0.15, -0.1) is 0 Å². The maximum absolute atomic E-state index is 12.7. The highest BCUT2D eigenvalue weighted by Gasteiger charge is 2.33. The van der Waals surface area contributed by atoms with Gasteiger partial charge in [0.25, 0.3) is 0 Å². The van der Waals surface area contributed by atoms with Crippen molar-refractivity contribution in [3.63, 3.8) is 0 Å². The lowest BCUT2D eigenvalue weighted by Crippen LogP contribution is -2.59. The molecular formula is C18H31N5O9. The van der Waals surface area contributed by atoms with Gasteiger partial charge in [0.05, 0.1) is 12.5 Å². The number of carbonyl (C=O) groups excluding carboxylic acids is 4. The lowest BCUT2D eigenvalue weighted by molar-refractivity contribution is -0.144. The highest BCUT2D eigenvalue weighted by atomic mass is 16.4. The molecule has 4 amide bonds. The first-order chi connectivity index (χ1) is 14.7. The van der Waals surface area contributed by atoms with Crippen molar-refractivity contribution < 1.29 is 44.1 Å². The molecule has 5 atom stereocenters. The van der Waals surface area contributed by atoms with E-state index in [1.165, 1.54) is 6.92 Å². The molecule has 0 aliphatic rings. The third kappa shape index (κ3) is 10.2. The van der Waals surface area contributed by atoms with E-state index in [4.69, 9.17) is 21.7 Å². The van der Waals surface area contributed by atoms with E-state index in [9.17, 15) is 33.9 Å². The Hall–Kier alpha value is -3.26. The Labute approximate surface area is 184 Å². The molecule has 0 saturated heterocycles. The molecule has 0 aliphatic carbocycles. The van der Waals surface area contributed by atoms with Crippen molar-refractivity contribution >= 4 is 35.6 Å². The predicted octanol–water partition coefficient (Wildman–Crippen LogP) is -3.37. The molecule has 0 bridgehead atoms. The Bertz CT molecular complexity index is 726. The van der Waals surface area contributed by atoms with Crippen molar-refractivity contribution in [2.45, 2.75) is 70.3 Å². The zero-order valence-corrected chi connectivity index (χ0v) is 18.0. The molecule has 10 N–H and O–H groups in total. The predicted molar refractivity (Wildman–Crippen MR) is 109 cm³/mol. The summed E-state index contributed by atoms with van der Waals surface area (Å²) in [5.74, 6) is -7.04. The van der Waals surface area contributed by atoms with Crippen LogP contribution in [0.25, 0.3) is 0 Å². The summed E-state index contributed by atoms with van der Waals surface area (Å²) < 4.78 is 0. The topological polar surface area (TPSA) is 251 Å². The van der Waals surface area contributed by atoms with Gasteiger partial charge in [-0.05, 0) is 19.3 Å². The zero-order valence-electron chi connectivity index (χ0n) is 18.0. The largest absolute Gasteiger partial charge is 0.481 e. The highest BCUT2D eigenvalue weighted by Crippen LogP contribution is 2.07. The van der Waals surface area contributed by atoms with Crippen molar-refractivity contribution in [2.75, 3.05) is 0 Å². The van der Waals surface area contributed by atoms with E-state index in [1.54, 1.807) is 13.8 Å². The van der Waals surface area contributed by atoms with Crippen LogP contribution in [0.3, 0.4) is 0 Å². The summed E-state index contributed by atoms with van der Waals surface area (Å²) in [5.41, 5.74) is 10.5. The van der Waals surface area contributed by atoms with Crippen LogP contribution in [0.5, 0.6) is 0 Å². The number of nitrogens with one attached hydrogen (secondary N) is 3. The number of aliphatic hydroxyl groups is 1. The number of rotatable bonds is 14. The van der Waals surface area contributed by atoms with E-state index in [0.717, 1.165) is 0 Å². The second-order valence-electron chi connectivity index (χ2n) is 7.56. The Balaban J connectivity index is 5.51. The van der Waals surface area contributed by atoms with Crippen LogP contribution in [-0.2, 0) is 28.8 Å². The number of carboxylic acids is 2. The molecule has 182 valence electrons. The van der Waals surface area contributed by atoms with E-state index in [2.05, 4.69) is 16.0 Å². The molecule has 5 unspecified atom stereocenters. The monoisotopic (exact) mass is 461 g/mol. The molecule has 32 heavy (non-hydrogen) atoms. The SMILES string of the molecule is CC(C)C(NC(=O)C(CCC(=O)O)NC(=O)C(N)C(C)O)C(=O)NC(CC(N)=O)C(=O)O. The van der Waals surface area contributed by atoms with E-state index in [1.807, 2.05) is 0 Å². The van der Waals surface area contributed by atoms with Crippen LogP contribution in [0.2, 0.25) is 0 Å². The first kappa shape index (κ1) is 28.7. The van der Waals surface area contributed by atoms with Gasteiger partial charge in [-0.1, -0.05) is 13.8 Å². The van der Waals surface area contributed by atoms with Crippen molar-refractivity contribution in [1.29, 1.82) is 0 Å². The zero-order chi connectivity index (χ0) is 25.2. The van der Waals surface area contributed by atoms with Crippen molar-refractivity contribution in [2.24, 2.45) is 17.4 Å². The second kappa shape index (κ2) is 13.2. The fourth-order valence-electron chi connectivity index (χ4n) is 2.48. The number of carbonyl (C=O) groups is 6. The lowest BCUT2D eigenvalue weighted by Gasteiger charge is -2.27. The van der Waals surface area contributed by atoms with Crippen LogP contribution in [0.4, 0.5) is 0 Å². The number of primary amides is 1. The molecule has 0 aromatic rings. The normalized spacial score (nSPS) is 15.6. The fourth-order valence-corrected chi connectivity index (χ4v) is 2.48. The van der Waals surface area contributed by atoms with Crippen LogP contribution in [0.1, 0.15) is 40.0 Å². The van der Waals surface area contributed by atoms with Gasteiger partial charge in [-0.3, -0.25) is 24.0 Å². The Morgan fingerprint density at radius 1 is 0.844 bits per heavy atom. The van der Waals surface area contributed by atoms with Crippen molar-refractivity contribution in [3.8, 4) is 0 Å². The average Bonchev–Trinajstić information content (AvgIpc) is 2.66. The molecule has 0 saturated carbocycles. The van der Waals surface area contributed by atoms with Gasteiger partial charge in [0.2, 0.25) is 23.6 Å². The molecule has 14 nitrogen and oxygen atoms in total. The van der Waals surface area contributed by atoms with Gasteiger partial charge in [-0.25, -0.2) is 4.79 Å². The maximum Gasteiger partial charge on any atom is 0.326 e. The molecule has 14 heteroatoms. The van der Waals surface area contributed by atoms with Gasteiger partial charge in [0.1, 0.15) is 24.2 Å². The summed E-state index contributed by atoms with van der Waals surface area (Å²) in [6.45, 7) is 4.34. The molecule has 0 spiro atoms. The van der Waals surface area contributed by atoms with Gasteiger partial charge in [-0.2, -0.15) is 0 Å². The highest BCUT2D eigenvalue weighted by molar-refractivity contribution is 5.95. The number of nitrogens with two attached hydrogens (primary N) is 2. The van der Waals surface area contributed by atoms with E-state index < -0.39 is 84.6 Å². The number of carboxylic acid groups (broad SMARTS) is 2. The maximum atomic E-state index is 12.7. The number of hydrogen-bond donors (Lipinski definition) is 8. The van der Waals surface area contributed by atoms with E-state index in [0.29, 0.717) is 0 Å². The Morgan fingerprint density at radius 2 is 1.38 bits per heavy atom. The second-order valence-corrected chi connectivity index (χ2v) is 7.56. The van der Waals surface area contributed by atoms with Crippen molar-refractivity contribution in [1.82, 2.24) is 16.0 Å². The summed E-state index contributed by atoms with van der Waals surface area (Å²) in [4.78, 5) is 70.5. The van der Waals surface area contributed by atoms with Crippen LogP contribution in [0, 0.1) is 5.92 Å². The van der Waals surface area contributed by atoms with Gasteiger partial charge < -0.3 is 42.7 Å². The Kier molecular flexibility index (Phi) is 11.9. The first-order valence-corrected chi connectivity index (χ1v) is 9.75.